The summed E-state index contributed by atoms with van der Waals surface area (Å²) in [5.74, 6) is -1.09. The first kappa shape index (κ1) is 77.8. The zero-order valence-corrected chi connectivity index (χ0v) is 58.0. The van der Waals surface area contributed by atoms with Gasteiger partial charge in [-0.05, 0) is 89.9 Å². The van der Waals surface area contributed by atoms with Gasteiger partial charge in [-0.3, -0.25) is 4.98 Å². The van der Waals surface area contributed by atoms with Crippen molar-refractivity contribution >= 4 is 39.5 Å². The number of carbonyl (C=O) groups excluding carboxylic acids is 2. The number of esters is 2. The van der Waals surface area contributed by atoms with Crippen molar-refractivity contribution < 1.29 is 109 Å². The van der Waals surface area contributed by atoms with Crippen molar-refractivity contribution in [1.29, 1.82) is 0 Å². The number of carbonyl (C=O) groups is 2. The maximum absolute atomic E-state index is 13.5. The molecule has 0 N–H and O–H groups in total. The van der Waals surface area contributed by atoms with Crippen LogP contribution in [0.2, 0.25) is 5.28 Å². The third-order valence-electron chi connectivity index (χ3n) is 16.6. The van der Waals surface area contributed by atoms with Gasteiger partial charge in [-0.25, -0.2) is 47.1 Å². The van der Waals surface area contributed by atoms with Crippen LogP contribution in [-0.2, 0) is 98.8 Å². The van der Waals surface area contributed by atoms with Gasteiger partial charge in [-0.1, -0.05) is 18.2 Å². The summed E-state index contributed by atoms with van der Waals surface area (Å²) in [6.45, 7) is 3.07. The zero-order chi connectivity index (χ0) is 74.1. The third-order valence-corrected chi connectivity index (χ3v) is 17.5. The average Bonchev–Trinajstić information content (AvgIpc) is 1.61. The molecule has 3 aromatic carbocycles. The van der Waals surface area contributed by atoms with Crippen LogP contribution in [0, 0.1) is 13.8 Å². The van der Waals surface area contributed by atoms with Gasteiger partial charge in [0.15, 0.2) is 11.4 Å². The molecule has 35 heteroatoms. The van der Waals surface area contributed by atoms with E-state index in [0.717, 1.165) is 53.6 Å². The van der Waals surface area contributed by atoms with Crippen LogP contribution in [0.4, 0.5) is 57.1 Å². The number of aryl methyl sites for hydroxylation is 2. The molecule has 12 rings (SSSR count). The number of nitrogens with zero attached hydrogens (tertiary/aromatic N) is 9. The molecule has 0 bridgehead atoms. The Kier molecular flexibility index (Phi) is 25.5. The van der Waals surface area contributed by atoms with E-state index in [2.05, 4.69) is 40.6 Å². The van der Waals surface area contributed by atoms with Crippen LogP contribution in [0.5, 0.6) is 17.2 Å². The lowest BCUT2D eigenvalue weighted by Gasteiger charge is -2.16. The first-order valence-electron chi connectivity index (χ1n) is 31.3. The lowest BCUT2D eigenvalue weighted by atomic mass is 10.1. The van der Waals surface area contributed by atoms with E-state index in [9.17, 15) is 66.7 Å². The van der Waals surface area contributed by atoms with Crippen molar-refractivity contribution in [3.63, 3.8) is 0 Å². The number of alkyl halides is 13. The van der Waals surface area contributed by atoms with Crippen molar-refractivity contribution in [2.75, 3.05) is 88.7 Å². The smallest absolute Gasteiger partial charge is 0.419 e. The van der Waals surface area contributed by atoms with Crippen molar-refractivity contribution in [2.24, 2.45) is 0 Å². The largest absolute Gasteiger partial charge is 0.496 e. The number of halogens is 15. The molecule has 0 aliphatic carbocycles. The van der Waals surface area contributed by atoms with E-state index in [1.165, 1.54) is 64.8 Å². The van der Waals surface area contributed by atoms with Crippen LogP contribution in [0.25, 0.3) is 45.4 Å². The molecule has 4 atom stereocenters. The van der Waals surface area contributed by atoms with Gasteiger partial charge in [0, 0.05) is 65.0 Å². The maximum Gasteiger partial charge on any atom is 0.419 e. The second-order valence-corrected chi connectivity index (χ2v) is 24.3. The molecule has 9 heterocycles. The number of hydrogen-bond acceptors (Lipinski definition) is 16. The zero-order valence-electron chi connectivity index (χ0n) is 55.7. The summed E-state index contributed by atoms with van der Waals surface area (Å²) in [7, 11) is 5.99. The maximum atomic E-state index is 13.5. The summed E-state index contributed by atoms with van der Waals surface area (Å²) >= 11 is 9.29. The molecule has 0 saturated carbocycles. The first-order chi connectivity index (χ1) is 48.5. The van der Waals surface area contributed by atoms with E-state index in [4.69, 9.17) is 54.5 Å². The van der Waals surface area contributed by atoms with Gasteiger partial charge in [0.2, 0.25) is 5.28 Å². The monoisotopic (exact) mass is 1540 g/mol. The van der Waals surface area contributed by atoms with Crippen molar-refractivity contribution in [3.05, 3.63) is 139 Å². The summed E-state index contributed by atoms with van der Waals surface area (Å²) < 4.78 is 224. The number of fused-ring (bicyclic) bond motifs is 4. The van der Waals surface area contributed by atoms with Gasteiger partial charge in [0.05, 0.1) is 128 Å². The summed E-state index contributed by atoms with van der Waals surface area (Å²) in [5.41, 5.74) is 4.73. The molecule has 5 aromatic heterocycles. The Morgan fingerprint density at radius 3 is 1.18 bits per heavy atom. The fraction of sp³-hybridized carbons (Fsp3) is 0.448. The quantitative estimate of drug-likeness (QED) is 0.0778. The van der Waals surface area contributed by atoms with Gasteiger partial charge < -0.3 is 60.9 Å². The molecule has 20 nitrogen and oxygen atoms in total. The number of hydrogen-bond donors (Lipinski definition) is 0. The molecule has 102 heavy (non-hydrogen) atoms. The lowest BCUT2D eigenvalue weighted by Crippen LogP contribution is -2.21. The molecule has 0 radical (unpaired) electrons. The standard InChI is InChI=1S/C23H23F4N3O2.C18H18F4N2O4.C16H15BrF4N2O2.C10H12ClFN2O3/c1-13-8-16(9-14(2)28-13)21-19-6-7-32-17(11-24)12-30(19)22(29-21)15-4-5-18(23(25,26)27)20(10-15)31-3;1-26-14-7-10(3-4-12(14)18(20,21)22)16-23-15(17(25)27-2)13-5-6-28-11(8-19)9-24(13)16;1-24-13-6-9(2-3-11(13)16(19,20)21)15-22-14(17)12-4-5-25-10(7-18)8-23(12)15;1-16-9(15)8-7-2-3-17-6(4-12)5-14(7)10(11)13-8/h4-5,8-10,17H,6-7,11-12H2,1-3H3;3-4,7,11H,5-6,8-9H2,1-2H3;2-3,6,10H,4-5,7-8H2,1H3;6H,2-5H2,1H3/t17-;11-;10-;6-/m1111/s1. The number of aromatic nitrogens is 9. The second kappa shape index (κ2) is 33.4. The lowest BCUT2D eigenvalue weighted by molar-refractivity contribution is -0.139. The molecule has 4 aliphatic rings. The van der Waals surface area contributed by atoms with E-state index in [1.54, 1.807) is 13.7 Å². The highest BCUT2D eigenvalue weighted by Crippen LogP contribution is 2.43. The van der Waals surface area contributed by atoms with Gasteiger partial charge in [-0.2, -0.15) is 39.5 Å². The fourth-order valence-electron chi connectivity index (χ4n) is 11.9. The minimum Gasteiger partial charge on any atom is -0.496 e. The van der Waals surface area contributed by atoms with Gasteiger partial charge in [0.1, 0.15) is 90.4 Å². The fourth-order valence-corrected chi connectivity index (χ4v) is 12.8. The predicted molar refractivity (Wildman–Crippen MR) is 346 cm³/mol. The normalized spacial score (nSPS) is 17.5. The Labute approximate surface area is 588 Å². The number of rotatable bonds is 13. The van der Waals surface area contributed by atoms with Crippen molar-refractivity contribution in [3.8, 4) is 62.7 Å². The van der Waals surface area contributed by atoms with Crippen LogP contribution in [0.15, 0.2) is 71.3 Å². The number of benzene rings is 3. The van der Waals surface area contributed by atoms with E-state index in [1.807, 2.05) is 30.5 Å². The number of pyridine rings is 1. The molecule has 0 spiro atoms. The van der Waals surface area contributed by atoms with E-state index >= 15 is 0 Å². The highest BCUT2D eigenvalue weighted by molar-refractivity contribution is 9.10. The van der Waals surface area contributed by atoms with Crippen LogP contribution in [0.1, 0.15) is 71.8 Å². The molecule has 8 aromatic rings. The minimum absolute atomic E-state index is 0.0273. The third kappa shape index (κ3) is 17.7. The molecular formula is C67H68BrClF13N9O11. The predicted octanol–water partition coefficient (Wildman–Crippen LogP) is 13.9. The van der Waals surface area contributed by atoms with Crippen molar-refractivity contribution in [2.45, 2.75) is 109 Å². The SMILES string of the molecule is COC(=O)c1nc(-c2ccc(C(F)(F)F)c(OC)c2)n2c1CCO[C@H](CF)C2.COC(=O)c1nc(Cl)n2c1CCO[C@H](CF)C2.COc1cc(-c2nc(-c3cc(C)nc(C)c3)c3n2C[C@@H](CF)OCC3)ccc1C(F)(F)F.COc1cc(-c2nc(Br)c3n2C[C@@H](CF)OCC3)ccc1C(F)(F)F. The Bertz CT molecular complexity index is 4260. The molecule has 552 valence electrons. The summed E-state index contributed by atoms with van der Waals surface area (Å²) in [5, 5.41) is 0.157. The number of ether oxygens (including phenoxy) is 9. The molecule has 0 saturated heterocycles. The van der Waals surface area contributed by atoms with Gasteiger partial charge in [0.25, 0.3) is 0 Å². The van der Waals surface area contributed by atoms with Crippen LogP contribution < -0.4 is 14.2 Å². The Morgan fingerprint density at radius 2 is 0.794 bits per heavy atom. The number of methoxy groups -OCH3 is 5. The van der Waals surface area contributed by atoms with Crippen LogP contribution >= 0.6 is 27.5 Å². The van der Waals surface area contributed by atoms with Crippen molar-refractivity contribution in [1.82, 2.24) is 43.2 Å². The molecular weight excluding hydrogens is 1470 g/mol. The minimum atomic E-state index is -4.59. The summed E-state index contributed by atoms with van der Waals surface area (Å²) in [6, 6.07) is 14.4. The Balaban J connectivity index is 0.000000161. The Hall–Kier alpha value is -8.31. The van der Waals surface area contributed by atoms with Gasteiger partial charge in [-0.15, -0.1) is 0 Å². The first-order valence-corrected chi connectivity index (χ1v) is 32.5. The van der Waals surface area contributed by atoms with Crippen LogP contribution in [-0.4, -0.2) is 168 Å². The van der Waals surface area contributed by atoms with Crippen LogP contribution in [0.3, 0.4) is 0 Å². The van der Waals surface area contributed by atoms with Gasteiger partial charge >= 0.3 is 30.5 Å². The molecule has 4 aliphatic heterocycles. The highest BCUT2D eigenvalue weighted by atomic mass is 79.9. The Morgan fingerprint density at radius 1 is 0.461 bits per heavy atom. The van der Waals surface area contributed by atoms with E-state index < -0.39 is 98.3 Å². The average molecular weight is 1540 g/mol. The summed E-state index contributed by atoms with van der Waals surface area (Å²) in [6.07, 6.45) is -14.4. The molecule has 0 amide bonds. The van der Waals surface area contributed by atoms with E-state index in [-0.39, 0.29) is 79.0 Å². The number of imidazole rings is 4. The second-order valence-electron chi connectivity index (χ2n) is 23.2. The van der Waals surface area contributed by atoms with E-state index in [0.29, 0.717) is 89.1 Å². The molecule has 0 unspecified atom stereocenters. The molecule has 0 fully saturated rings. The highest BCUT2D eigenvalue weighted by Gasteiger charge is 2.39. The summed E-state index contributed by atoms with van der Waals surface area (Å²) in [4.78, 5) is 45.5. The topological polar surface area (TPSA) is 201 Å².